The second-order valence-corrected chi connectivity index (χ2v) is 5.84. The van der Waals surface area contributed by atoms with Crippen molar-refractivity contribution in [3.8, 4) is 0 Å². The molecular weight excluding hydrogens is 284 g/mol. The van der Waals surface area contributed by atoms with Crippen molar-refractivity contribution < 1.29 is 22.7 Å². The second kappa shape index (κ2) is 7.41. The molecule has 0 saturated carbocycles. The lowest BCUT2D eigenvalue weighted by Gasteiger charge is -2.07. The zero-order valence-electron chi connectivity index (χ0n) is 11.7. The SMILES string of the molecule is CCCn1cc(S(N)(=O)=O)cc1C(=O)OCCCOC. The molecule has 2 N–H and O–H groups in total. The number of hydrogen-bond donors (Lipinski definition) is 1. The summed E-state index contributed by atoms with van der Waals surface area (Å²) in [6.07, 6.45) is 2.69. The zero-order chi connectivity index (χ0) is 15.2. The van der Waals surface area contributed by atoms with Crippen molar-refractivity contribution in [2.24, 2.45) is 5.14 Å². The predicted octanol–water partition coefficient (Wildman–Crippen LogP) is 0.739. The van der Waals surface area contributed by atoms with E-state index in [0.717, 1.165) is 6.42 Å². The summed E-state index contributed by atoms with van der Waals surface area (Å²) in [5, 5.41) is 5.07. The molecule has 0 bridgehead atoms. The van der Waals surface area contributed by atoms with Crippen LogP contribution >= 0.6 is 0 Å². The van der Waals surface area contributed by atoms with Gasteiger partial charge in [-0.1, -0.05) is 6.92 Å². The molecule has 0 aliphatic rings. The highest BCUT2D eigenvalue weighted by atomic mass is 32.2. The van der Waals surface area contributed by atoms with Gasteiger partial charge in [-0.2, -0.15) is 0 Å². The molecule has 1 heterocycles. The van der Waals surface area contributed by atoms with Crippen LogP contribution in [0.5, 0.6) is 0 Å². The zero-order valence-corrected chi connectivity index (χ0v) is 12.5. The number of esters is 1. The average Bonchev–Trinajstić information content (AvgIpc) is 2.79. The van der Waals surface area contributed by atoms with Crippen LogP contribution in [0.25, 0.3) is 0 Å². The highest BCUT2D eigenvalue weighted by Gasteiger charge is 2.19. The van der Waals surface area contributed by atoms with Crippen molar-refractivity contribution in [2.45, 2.75) is 31.2 Å². The Balaban J connectivity index is 2.86. The number of hydrogen-bond acceptors (Lipinski definition) is 5. The third-order valence-electron chi connectivity index (χ3n) is 2.60. The third-order valence-corrected chi connectivity index (χ3v) is 3.48. The Labute approximate surface area is 118 Å². The number of nitrogens with zero attached hydrogens (tertiary/aromatic N) is 1. The van der Waals surface area contributed by atoms with Crippen LogP contribution in [-0.4, -0.2) is 39.3 Å². The third kappa shape index (κ3) is 4.62. The number of nitrogens with two attached hydrogens (primary N) is 1. The van der Waals surface area contributed by atoms with Gasteiger partial charge in [0.15, 0.2) is 0 Å². The normalized spacial score (nSPS) is 11.6. The van der Waals surface area contributed by atoms with Crippen LogP contribution in [0, 0.1) is 0 Å². The van der Waals surface area contributed by atoms with Crippen molar-refractivity contribution in [3.05, 3.63) is 18.0 Å². The molecule has 0 unspecified atom stereocenters. The first kappa shape index (κ1) is 16.7. The van der Waals surface area contributed by atoms with Crippen LogP contribution in [0.4, 0.5) is 0 Å². The Morgan fingerprint density at radius 2 is 2.10 bits per heavy atom. The molecule has 114 valence electrons. The van der Waals surface area contributed by atoms with Gasteiger partial charge in [0.25, 0.3) is 0 Å². The van der Waals surface area contributed by atoms with Crippen LogP contribution < -0.4 is 5.14 Å². The fraction of sp³-hybridized carbons (Fsp3) is 0.583. The molecule has 8 heteroatoms. The minimum atomic E-state index is -3.83. The first-order valence-electron chi connectivity index (χ1n) is 6.29. The Morgan fingerprint density at radius 3 is 2.65 bits per heavy atom. The van der Waals surface area contributed by atoms with Gasteiger partial charge in [0.1, 0.15) is 10.6 Å². The first-order valence-corrected chi connectivity index (χ1v) is 7.83. The number of rotatable bonds is 8. The quantitative estimate of drug-likeness (QED) is 0.564. The van der Waals surface area contributed by atoms with Gasteiger partial charge < -0.3 is 14.0 Å². The number of aryl methyl sites for hydroxylation is 1. The van der Waals surface area contributed by atoms with E-state index in [-0.39, 0.29) is 17.2 Å². The summed E-state index contributed by atoms with van der Waals surface area (Å²) in [5.41, 5.74) is 0.188. The Hall–Kier alpha value is -1.38. The van der Waals surface area contributed by atoms with Gasteiger partial charge in [-0.15, -0.1) is 0 Å². The molecule has 0 fully saturated rings. The Morgan fingerprint density at radius 1 is 1.40 bits per heavy atom. The molecule has 1 aromatic rings. The second-order valence-electron chi connectivity index (χ2n) is 4.28. The van der Waals surface area contributed by atoms with E-state index in [1.54, 1.807) is 11.7 Å². The summed E-state index contributed by atoms with van der Waals surface area (Å²) in [5.74, 6) is -0.565. The molecule has 0 aliphatic heterocycles. The van der Waals surface area contributed by atoms with Crippen molar-refractivity contribution in [1.29, 1.82) is 0 Å². The largest absolute Gasteiger partial charge is 0.461 e. The van der Waals surface area contributed by atoms with Crippen molar-refractivity contribution in [1.82, 2.24) is 4.57 Å². The van der Waals surface area contributed by atoms with E-state index < -0.39 is 16.0 Å². The summed E-state index contributed by atoms with van der Waals surface area (Å²) in [4.78, 5) is 11.8. The van der Waals surface area contributed by atoms with Crippen LogP contribution in [-0.2, 0) is 26.0 Å². The standard InChI is InChI=1S/C12H20N2O5S/c1-3-5-14-9-10(20(13,16)17)8-11(14)12(15)19-7-4-6-18-2/h8-9H,3-7H2,1-2H3,(H2,13,16,17). The number of primary sulfonamides is 1. The fourth-order valence-corrected chi connectivity index (χ4v) is 2.23. The minimum Gasteiger partial charge on any atom is -0.461 e. The van der Waals surface area contributed by atoms with Gasteiger partial charge in [0, 0.05) is 32.9 Å². The van der Waals surface area contributed by atoms with Crippen LogP contribution in [0.1, 0.15) is 30.3 Å². The van der Waals surface area contributed by atoms with E-state index in [2.05, 4.69) is 0 Å². The summed E-state index contributed by atoms with van der Waals surface area (Å²) in [6.45, 7) is 3.14. The molecule has 7 nitrogen and oxygen atoms in total. The van der Waals surface area contributed by atoms with Crippen molar-refractivity contribution in [2.75, 3.05) is 20.3 Å². The van der Waals surface area contributed by atoms with Crippen molar-refractivity contribution >= 4 is 16.0 Å². The topological polar surface area (TPSA) is 101 Å². The lowest BCUT2D eigenvalue weighted by atomic mass is 10.4. The van der Waals surface area contributed by atoms with Crippen LogP contribution in [0.15, 0.2) is 17.2 Å². The van der Waals surface area contributed by atoms with Crippen molar-refractivity contribution in [3.63, 3.8) is 0 Å². The number of carbonyl (C=O) groups excluding carboxylic acids is 1. The fourth-order valence-electron chi connectivity index (χ4n) is 1.68. The Bertz CT molecular complexity index is 550. The van der Waals surface area contributed by atoms with E-state index >= 15 is 0 Å². The molecular formula is C12H20N2O5S. The highest BCUT2D eigenvalue weighted by Crippen LogP contribution is 2.15. The maximum Gasteiger partial charge on any atom is 0.354 e. The molecule has 0 amide bonds. The number of ether oxygens (including phenoxy) is 2. The van der Waals surface area contributed by atoms with Gasteiger partial charge >= 0.3 is 5.97 Å². The molecule has 0 aliphatic carbocycles. The summed E-state index contributed by atoms with van der Waals surface area (Å²) in [6, 6.07) is 1.24. The van der Waals surface area contributed by atoms with E-state index in [1.165, 1.54) is 12.3 Å². The molecule has 0 aromatic carbocycles. The maximum absolute atomic E-state index is 11.9. The van der Waals surface area contributed by atoms with E-state index in [9.17, 15) is 13.2 Å². The lowest BCUT2D eigenvalue weighted by Crippen LogP contribution is -2.13. The predicted molar refractivity (Wildman–Crippen MR) is 72.9 cm³/mol. The van der Waals surface area contributed by atoms with Crippen LogP contribution in [0.3, 0.4) is 0 Å². The molecule has 0 saturated heterocycles. The van der Waals surface area contributed by atoms with Gasteiger partial charge in [-0.05, 0) is 12.5 Å². The van der Waals surface area contributed by atoms with Gasteiger partial charge in [-0.3, -0.25) is 0 Å². The summed E-state index contributed by atoms with van der Waals surface area (Å²) >= 11 is 0. The lowest BCUT2D eigenvalue weighted by molar-refractivity contribution is 0.0456. The number of methoxy groups -OCH3 is 1. The smallest absolute Gasteiger partial charge is 0.354 e. The molecule has 1 rings (SSSR count). The summed E-state index contributed by atoms with van der Waals surface area (Å²) in [7, 11) is -2.27. The summed E-state index contributed by atoms with van der Waals surface area (Å²) < 4.78 is 34.1. The minimum absolute atomic E-state index is 0.0882. The maximum atomic E-state index is 11.9. The molecule has 0 atom stereocenters. The number of sulfonamides is 1. The number of aromatic nitrogens is 1. The van der Waals surface area contributed by atoms with Gasteiger partial charge in [-0.25, -0.2) is 18.4 Å². The van der Waals surface area contributed by atoms with E-state index in [4.69, 9.17) is 14.6 Å². The molecule has 0 spiro atoms. The van der Waals surface area contributed by atoms with E-state index in [1.807, 2.05) is 6.92 Å². The molecule has 0 radical (unpaired) electrons. The van der Waals surface area contributed by atoms with Crippen LogP contribution in [0.2, 0.25) is 0 Å². The average molecular weight is 304 g/mol. The highest BCUT2D eigenvalue weighted by molar-refractivity contribution is 7.89. The van der Waals surface area contributed by atoms with E-state index in [0.29, 0.717) is 19.6 Å². The molecule has 20 heavy (non-hydrogen) atoms. The Kier molecular flexibility index (Phi) is 6.18. The van der Waals surface area contributed by atoms with Gasteiger partial charge in [0.2, 0.25) is 10.0 Å². The van der Waals surface area contributed by atoms with Gasteiger partial charge in [0.05, 0.1) is 6.61 Å². The first-order chi connectivity index (χ1) is 9.40. The monoisotopic (exact) mass is 304 g/mol. The molecule has 1 aromatic heterocycles. The number of carbonyl (C=O) groups is 1.